The fourth-order valence-corrected chi connectivity index (χ4v) is 2.93. The molecule has 5 nitrogen and oxygen atoms in total. The van der Waals surface area contributed by atoms with Gasteiger partial charge in [-0.1, -0.05) is 29.8 Å². The van der Waals surface area contributed by atoms with E-state index in [2.05, 4.69) is 24.1 Å². The third kappa shape index (κ3) is 8.23. The quantitative estimate of drug-likeness (QED) is 0.731. The van der Waals surface area contributed by atoms with Gasteiger partial charge in [0.15, 0.2) is 0 Å². The Morgan fingerprint density at radius 1 is 1.23 bits per heavy atom. The smallest absolute Gasteiger partial charge is 0.241 e. The summed E-state index contributed by atoms with van der Waals surface area (Å²) < 4.78 is 5.60. The van der Waals surface area contributed by atoms with Gasteiger partial charge in [-0.05, 0) is 39.2 Å². The van der Waals surface area contributed by atoms with E-state index in [1.807, 2.05) is 31.2 Å². The Kier molecular flexibility index (Phi) is 12.1. The summed E-state index contributed by atoms with van der Waals surface area (Å²) in [4.78, 5) is 14.7. The van der Waals surface area contributed by atoms with E-state index < -0.39 is 6.04 Å². The number of carbonyl (C=O) groups is 1. The molecule has 0 spiro atoms. The van der Waals surface area contributed by atoms with Gasteiger partial charge in [-0.2, -0.15) is 0 Å². The van der Waals surface area contributed by atoms with Crippen LogP contribution in [0.4, 0.5) is 0 Å². The molecule has 0 saturated carbocycles. The van der Waals surface area contributed by atoms with Crippen LogP contribution in [0.1, 0.15) is 43.9 Å². The molecule has 0 bridgehead atoms. The fourth-order valence-electron chi connectivity index (χ4n) is 2.93. The lowest BCUT2D eigenvalue weighted by atomic mass is 10.0. The van der Waals surface area contributed by atoms with E-state index in [-0.39, 0.29) is 42.9 Å². The first kappa shape index (κ1) is 25.1. The number of piperidine rings is 1. The highest BCUT2D eigenvalue weighted by atomic mass is 35.5. The number of rotatable bonds is 7. The molecule has 1 saturated heterocycles. The van der Waals surface area contributed by atoms with Crippen molar-refractivity contribution in [3.05, 3.63) is 35.4 Å². The number of likely N-dealkylation sites (tertiary alicyclic amines) is 1. The number of benzene rings is 1. The lowest BCUT2D eigenvalue weighted by Gasteiger charge is -2.32. The highest BCUT2D eigenvalue weighted by molar-refractivity contribution is 5.85. The number of carbonyl (C=O) groups excluding carboxylic acids is 1. The molecule has 0 aromatic heterocycles. The summed E-state index contributed by atoms with van der Waals surface area (Å²) in [6.45, 7) is 9.85. The number of aryl methyl sites for hydroxylation is 1. The van der Waals surface area contributed by atoms with E-state index in [0.717, 1.165) is 44.6 Å². The number of nitrogens with zero attached hydrogens (tertiary/aromatic N) is 1. The third-order valence-electron chi connectivity index (χ3n) is 4.51. The highest BCUT2D eigenvalue weighted by Crippen LogP contribution is 2.14. The van der Waals surface area contributed by atoms with Crippen molar-refractivity contribution in [1.29, 1.82) is 0 Å². The van der Waals surface area contributed by atoms with Crippen LogP contribution in [0.2, 0.25) is 0 Å². The number of hydrogen-bond acceptors (Lipinski definition) is 4. The molecule has 26 heavy (non-hydrogen) atoms. The minimum absolute atomic E-state index is 0. The average molecular weight is 406 g/mol. The monoisotopic (exact) mass is 405 g/mol. The van der Waals surface area contributed by atoms with Crippen LogP contribution in [0, 0.1) is 6.92 Å². The number of nitrogens with two attached hydrogens (primary N) is 1. The molecule has 1 aliphatic heterocycles. The molecule has 150 valence electrons. The lowest BCUT2D eigenvalue weighted by Crippen LogP contribution is -2.47. The molecule has 2 rings (SSSR count). The molecule has 1 aromatic carbocycles. The van der Waals surface area contributed by atoms with Crippen LogP contribution < -0.4 is 11.1 Å². The van der Waals surface area contributed by atoms with Gasteiger partial charge in [0, 0.05) is 25.7 Å². The van der Waals surface area contributed by atoms with E-state index >= 15 is 0 Å². The first-order valence-electron chi connectivity index (χ1n) is 8.92. The van der Waals surface area contributed by atoms with Gasteiger partial charge < -0.3 is 20.7 Å². The maximum atomic E-state index is 12.4. The molecule has 1 aliphatic rings. The van der Waals surface area contributed by atoms with Gasteiger partial charge in [0.2, 0.25) is 5.91 Å². The maximum absolute atomic E-state index is 12.4. The van der Waals surface area contributed by atoms with Gasteiger partial charge in [0.1, 0.15) is 6.04 Å². The van der Waals surface area contributed by atoms with Gasteiger partial charge in [-0.25, -0.2) is 0 Å². The molecule has 1 aromatic rings. The van der Waals surface area contributed by atoms with E-state index in [4.69, 9.17) is 10.5 Å². The summed E-state index contributed by atoms with van der Waals surface area (Å²) >= 11 is 0. The summed E-state index contributed by atoms with van der Waals surface area (Å²) in [6.07, 6.45) is 2.22. The standard InChI is InChI=1S/C19H31N3O2.2ClH/c1-14(2)24-13-12-22-10-8-17(9-11-22)21-19(23)18(20)16-6-4-15(3)5-7-16;;/h4-7,14,17-18H,8-13,20H2,1-3H3,(H,21,23);2*1H. The Morgan fingerprint density at radius 3 is 2.35 bits per heavy atom. The first-order valence-corrected chi connectivity index (χ1v) is 8.92. The molecular formula is C19H33Cl2N3O2. The summed E-state index contributed by atoms with van der Waals surface area (Å²) in [6, 6.07) is 7.45. The van der Waals surface area contributed by atoms with Crippen LogP contribution in [0.5, 0.6) is 0 Å². The van der Waals surface area contributed by atoms with Crippen molar-refractivity contribution in [2.24, 2.45) is 5.73 Å². The molecule has 1 heterocycles. The number of amides is 1. The predicted molar refractivity (Wildman–Crippen MR) is 111 cm³/mol. The summed E-state index contributed by atoms with van der Waals surface area (Å²) in [5.41, 5.74) is 8.12. The van der Waals surface area contributed by atoms with Crippen LogP contribution in [0.3, 0.4) is 0 Å². The van der Waals surface area contributed by atoms with Crippen LogP contribution in [-0.4, -0.2) is 49.2 Å². The van der Waals surface area contributed by atoms with Gasteiger partial charge in [-0.15, -0.1) is 24.8 Å². The van der Waals surface area contributed by atoms with Crippen LogP contribution >= 0.6 is 24.8 Å². The van der Waals surface area contributed by atoms with Gasteiger partial charge in [0.05, 0.1) is 12.7 Å². The van der Waals surface area contributed by atoms with E-state index in [0.29, 0.717) is 0 Å². The van der Waals surface area contributed by atoms with Crippen LogP contribution in [-0.2, 0) is 9.53 Å². The van der Waals surface area contributed by atoms with Gasteiger partial charge in [-0.3, -0.25) is 4.79 Å². The summed E-state index contributed by atoms with van der Waals surface area (Å²) in [5.74, 6) is -0.0829. The Hall–Kier alpha value is -0.850. The van der Waals surface area contributed by atoms with Gasteiger partial charge >= 0.3 is 0 Å². The third-order valence-corrected chi connectivity index (χ3v) is 4.51. The Morgan fingerprint density at radius 2 is 1.81 bits per heavy atom. The zero-order valence-corrected chi connectivity index (χ0v) is 17.6. The minimum Gasteiger partial charge on any atom is -0.377 e. The normalized spacial score (nSPS) is 16.5. The SMILES string of the molecule is Cc1ccc(C(N)C(=O)NC2CCN(CCOC(C)C)CC2)cc1.Cl.Cl. The van der Waals surface area contributed by atoms with Crippen molar-refractivity contribution in [3.63, 3.8) is 0 Å². The molecule has 1 atom stereocenters. The Balaban J connectivity index is 0.00000312. The second kappa shape index (κ2) is 12.5. The van der Waals surface area contributed by atoms with Crippen molar-refractivity contribution in [2.75, 3.05) is 26.2 Å². The number of nitrogens with one attached hydrogen (secondary N) is 1. The Bertz CT molecular complexity index is 518. The fraction of sp³-hybridized carbons (Fsp3) is 0.632. The van der Waals surface area contributed by atoms with Gasteiger partial charge in [0.25, 0.3) is 0 Å². The second-order valence-electron chi connectivity index (χ2n) is 6.93. The number of halogens is 2. The zero-order valence-electron chi connectivity index (χ0n) is 15.9. The maximum Gasteiger partial charge on any atom is 0.241 e. The zero-order chi connectivity index (χ0) is 17.5. The molecule has 1 amide bonds. The molecule has 7 heteroatoms. The first-order chi connectivity index (χ1) is 11.5. The van der Waals surface area contributed by atoms with Crippen molar-refractivity contribution in [3.8, 4) is 0 Å². The molecule has 0 radical (unpaired) electrons. The molecule has 1 fully saturated rings. The van der Waals surface area contributed by atoms with Crippen molar-refractivity contribution in [2.45, 2.75) is 51.8 Å². The minimum atomic E-state index is -0.594. The molecular weight excluding hydrogens is 373 g/mol. The van der Waals surface area contributed by atoms with E-state index in [1.165, 1.54) is 5.56 Å². The number of ether oxygens (including phenoxy) is 1. The summed E-state index contributed by atoms with van der Waals surface area (Å²) in [5, 5.41) is 3.10. The average Bonchev–Trinajstić information content (AvgIpc) is 2.56. The van der Waals surface area contributed by atoms with Crippen molar-refractivity contribution < 1.29 is 9.53 Å². The second-order valence-corrected chi connectivity index (χ2v) is 6.93. The lowest BCUT2D eigenvalue weighted by molar-refractivity contribution is -0.123. The molecule has 1 unspecified atom stereocenters. The van der Waals surface area contributed by atoms with E-state index in [9.17, 15) is 4.79 Å². The van der Waals surface area contributed by atoms with Crippen molar-refractivity contribution in [1.82, 2.24) is 10.2 Å². The summed E-state index contributed by atoms with van der Waals surface area (Å²) in [7, 11) is 0. The van der Waals surface area contributed by atoms with E-state index in [1.54, 1.807) is 0 Å². The Labute approximate surface area is 169 Å². The number of hydrogen-bond donors (Lipinski definition) is 2. The van der Waals surface area contributed by atoms with Crippen LogP contribution in [0.25, 0.3) is 0 Å². The molecule has 0 aliphatic carbocycles. The largest absolute Gasteiger partial charge is 0.377 e. The van der Waals surface area contributed by atoms with Crippen molar-refractivity contribution >= 4 is 30.7 Å². The highest BCUT2D eigenvalue weighted by Gasteiger charge is 2.23. The van der Waals surface area contributed by atoms with Crippen LogP contribution in [0.15, 0.2) is 24.3 Å². The predicted octanol–water partition coefficient (Wildman–Crippen LogP) is 2.84. The topological polar surface area (TPSA) is 67.6 Å². The molecule has 3 N–H and O–H groups in total.